The molecule has 7 nitrogen and oxygen atoms in total. The number of piperazine rings is 1. The number of benzene rings is 1. The molecule has 0 aromatic heterocycles. The number of nitrogens with one attached hydrogen (secondary N) is 1. The Morgan fingerprint density at radius 1 is 1.19 bits per heavy atom. The van der Waals surface area contributed by atoms with Crippen LogP contribution in [0.1, 0.15) is 12.5 Å². The third kappa shape index (κ3) is 3.97. The van der Waals surface area contributed by atoms with Crippen LogP contribution in [0.2, 0.25) is 0 Å². The second-order valence-corrected chi connectivity index (χ2v) is 7.14. The van der Waals surface area contributed by atoms with E-state index < -0.39 is 0 Å². The van der Waals surface area contributed by atoms with E-state index in [2.05, 4.69) is 50.2 Å². The Labute approximate surface area is 160 Å². The van der Waals surface area contributed by atoms with Gasteiger partial charge in [0.25, 0.3) is 0 Å². The average molecular weight is 366 g/mol. The van der Waals surface area contributed by atoms with Gasteiger partial charge in [-0.05, 0) is 18.9 Å². The number of amides is 2. The molecule has 3 heterocycles. The van der Waals surface area contributed by atoms with E-state index in [1.807, 2.05) is 29.4 Å². The summed E-state index contributed by atoms with van der Waals surface area (Å²) in [5.74, 6) is 1.94. The van der Waals surface area contributed by atoms with Crippen molar-refractivity contribution < 1.29 is 4.79 Å². The van der Waals surface area contributed by atoms with Crippen LogP contribution < -0.4 is 5.32 Å². The molecule has 0 saturated carbocycles. The summed E-state index contributed by atoms with van der Waals surface area (Å²) in [6.07, 6.45) is 4.79. The normalized spacial score (nSPS) is 21.7. The van der Waals surface area contributed by atoms with Crippen molar-refractivity contribution in [2.24, 2.45) is 9.98 Å². The maximum Gasteiger partial charge on any atom is 0.317 e. The van der Waals surface area contributed by atoms with Gasteiger partial charge in [-0.2, -0.15) is 0 Å². The summed E-state index contributed by atoms with van der Waals surface area (Å²) in [5.41, 5.74) is 1.24. The number of aliphatic imine (C=N–C) groups is 2. The third-order valence-electron chi connectivity index (χ3n) is 5.25. The summed E-state index contributed by atoms with van der Waals surface area (Å²) >= 11 is 0. The van der Waals surface area contributed by atoms with E-state index >= 15 is 0 Å². The summed E-state index contributed by atoms with van der Waals surface area (Å²) < 4.78 is 0. The second kappa shape index (κ2) is 7.82. The number of rotatable bonds is 4. The van der Waals surface area contributed by atoms with E-state index in [1.54, 1.807) is 0 Å². The number of fused-ring (bicyclic) bond motifs is 1. The molecular weight excluding hydrogens is 340 g/mol. The first kappa shape index (κ1) is 17.6. The van der Waals surface area contributed by atoms with Gasteiger partial charge < -0.3 is 20.0 Å². The van der Waals surface area contributed by atoms with E-state index in [4.69, 9.17) is 0 Å². The zero-order valence-corrected chi connectivity index (χ0v) is 15.7. The molecule has 3 aliphatic rings. The summed E-state index contributed by atoms with van der Waals surface area (Å²) in [4.78, 5) is 27.8. The fourth-order valence-electron chi connectivity index (χ4n) is 3.57. The Hall–Kier alpha value is -2.83. The lowest BCUT2D eigenvalue weighted by atomic mass is 10.1. The molecule has 27 heavy (non-hydrogen) atoms. The minimum absolute atomic E-state index is 0.0203. The largest absolute Gasteiger partial charge is 0.353 e. The van der Waals surface area contributed by atoms with Gasteiger partial charge in [0.2, 0.25) is 0 Å². The van der Waals surface area contributed by atoms with Gasteiger partial charge in [-0.3, -0.25) is 4.99 Å². The molecule has 1 aromatic carbocycles. The van der Waals surface area contributed by atoms with Crippen molar-refractivity contribution >= 4 is 18.2 Å². The Kier molecular flexibility index (Phi) is 5.09. The van der Waals surface area contributed by atoms with Gasteiger partial charge in [-0.25, -0.2) is 9.79 Å². The van der Waals surface area contributed by atoms with Gasteiger partial charge in [0, 0.05) is 38.8 Å². The molecule has 4 rings (SSSR count). The van der Waals surface area contributed by atoms with Gasteiger partial charge in [0.05, 0.1) is 18.9 Å². The molecule has 1 atom stereocenters. The fraction of sp³-hybridized carbons (Fsp3) is 0.450. The Balaban J connectivity index is 1.24. The van der Waals surface area contributed by atoms with Crippen LogP contribution >= 0.6 is 0 Å². The number of carbonyl (C=O) groups is 1. The zero-order chi connectivity index (χ0) is 18.6. The smallest absolute Gasteiger partial charge is 0.317 e. The maximum atomic E-state index is 12.4. The molecule has 0 bridgehead atoms. The first-order valence-corrected chi connectivity index (χ1v) is 9.61. The lowest BCUT2D eigenvalue weighted by Gasteiger charge is -2.37. The standard InChI is InChI=1S/C20H26N6O/c1-16-14-22-19-13-18(23-15-26(16)19)24-9-11-25(12-10-24)20(27)21-8-7-17-5-3-2-4-6-17/h2-6,13,15-16H,7-12,14H2,1H3,(H,21,27). The van der Waals surface area contributed by atoms with Crippen LogP contribution in [-0.4, -0.2) is 78.2 Å². The average Bonchev–Trinajstić information content (AvgIpc) is 3.09. The number of hydrogen-bond donors (Lipinski definition) is 1. The quantitative estimate of drug-likeness (QED) is 0.879. The van der Waals surface area contributed by atoms with Gasteiger partial charge in [-0.1, -0.05) is 30.3 Å². The molecular formula is C20H26N6O. The number of amidine groups is 1. The van der Waals surface area contributed by atoms with Crippen LogP contribution in [0.5, 0.6) is 0 Å². The van der Waals surface area contributed by atoms with E-state index in [0.717, 1.165) is 37.7 Å². The highest BCUT2D eigenvalue weighted by molar-refractivity contribution is 6.03. The number of hydrogen-bond acceptors (Lipinski definition) is 5. The minimum Gasteiger partial charge on any atom is -0.353 e. The van der Waals surface area contributed by atoms with Crippen molar-refractivity contribution in [2.45, 2.75) is 19.4 Å². The van der Waals surface area contributed by atoms with Gasteiger partial charge in [-0.15, -0.1) is 0 Å². The number of carbonyl (C=O) groups excluding carboxylic acids is 1. The van der Waals surface area contributed by atoms with E-state index in [9.17, 15) is 4.79 Å². The number of nitrogens with zero attached hydrogens (tertiary/aromatic N) is 5. The maximum absolute atomic E-state index is 12.4. The molecule has 0 radical (unpaired) electrons. The van der Waals surface area contributed by atoms with E-state index in [-0.39, 0.29) is 6.03 Å². The Bertz CT molecular complexity index is 764. The lowest BCUT2D eigenvalue weighted by molar-refractivity contribution is 0.156. The molecule has 0 aliphatic carbocycles. The molecule has 142 valence electrons. The highest BCUT2D eigenvalue weighted by Crippen LogP contribution is 2.19. The predicted octanol–water partition coefficient (Wildman–Crippen LogP) is 1.54. The monoisotopic (exact) mass is 366 g/mol. The summed E-state index contributed by atoms with van der Waals surface area (Å²) in [6.45, 7) is 6.62. The van der Waals surface area contributed by atoms with Crippen molar-refractivity contribution in [3.05, 3.63) is 47.8 Å². The predicted molar refractivity (Wildman–Crippen MR) is 107 cm³/mol. The summed E-state index contributed by atoms with van der Waals surface area (Å²) in [5, 5.41) is 3.03. The zero-order valence-electron chi connectivity index (χ0n) is 15.7. The van der Waals surface area contributed by atoms with Crippen molar-refractivity contribution in [1.29, 1.82) is 0 Å². The molecule has 1 aromatic rings. The fourth-order valence-corrected chi connectivity index (χ4v) is 3.57. The van der Waals surface area contributed by atoms with Crippen LogP contribution in [0.25, 0.3) is 0 Å². The molecule has 1 unspecified atom stereocenters. The Morgan fingerprint density at radius 2 is 1.96 bits per heavy atom. The van der Waals surface area contributed by atoms with Crippen LogP contribution in [0.15, 0.2) is 52.2 Å². The molecule has 7 heteroatoms. The molecule has 3 aliphatic heterocycles. The first-order chi connectivity index (χ1) is 13.2. The SMILES string of the molecule is CC1CN=C2C=C(N3CCN(C(=O)NCCc4ccccc4)CC3)N=CN21. The van der Waals surface area contributed by atoms with E-state index in [1.165, 1.54) is 5.56 Å². The molecule has 1 saturated heterocycles. The highest BCUT2D eigenvalue weighted by Gasteiger charge is 2.27. The van der Waals surface area contributed by atoms with Gasteiger partial charge >= 0.3 is 6.03 Å². The Morgan fingerprint density at radius 3 is 2.74 bits per heavy atom. The van der Waals surface area contributed by atoms with E-state index in [0.29, 0.717) is 25.7 Å². The van der Waals surface area contributed by atoms with Crippen molar-refractivity contribution in [1.82, 2.24) is 20.0 Å². The van der Waals surface area contributed by atoms with Crippen molar-refractivity contribution in [3.63, 3.8) is 0 Å². The molecule has 2 amide bonds. The second-order valence-electron chi connectivity index (χ2n) is 7.14. The van der Waals surface area contributed by atoms with Gasteiger partial charge in [0.15, 0.2) is 0 Å². The topological polar surface area (TPSA) is 63.5 Å². The summed E-state index contributed by atoms with van der Waals surface area (Å²) in [6, 6.07) is 10.6. The number of urea groups is 1. The minimum atomic E-state index is 0.0203. The molecule has 1 N–H and O–H groups in total. The van der Waals surface area contributed by atoms with Crippen LogP contribution in [0.4, 0.5) is 4.79 Å². The van der Waals surface area contributed by atoms with Crippen molar-refractivity contribution in [2.75, 3.05) is 39.3 Å². The summed E-state index contributed by atoms with van der Waals surface area (Å²) in [7, 11) is 0. The van der Waals surface area contributed by atoms with Crippen LogP contribution in [-0.2, 0) is 6.42 Å². The van der Waals surface area contributed by atoms with Crippen molar-refractivity contribution in [3.8, 4) is 0 Å². The van der Waals surface area contributed by atoms with Gasteiger partial charge in [0.1, 0.15) is 11.7 Å². The molecule has 1 fully saturated rings. The van der Waals surface area contributed by atoms with Crippen LogP contribution in [0.3, 0.4) is 0 Å². The lowest BCUT2D eigenvalue weighted by Crippen LogP contribution is -2.52. The van der Waals surface area contributed by atoms with Crippen LogP contribution in [0, 0.1) is 0 Å². The molecule has 0 spiro atoms. The third-order valence-corrected chi connectivity index (χ3v) is 5.25. The highest BCUT2D eigenvalue weighted by atomic mass is 16.2. The first-order valence-electron chi connectivity index (χ1n) is 9.61.